The van der Waals surface area contributed by atoms with E-state index in [1.807, 2.05) is 56.3 Å². The van der Waals surface area contributed by atoms with E-state index in [1.165, 1.54) is 0 Å². The zero-order valence-electron chi connectivity index (χ0n) is 17.8. The van der Waals surface area contributed by atoms with Gasteiger partial charge in [0.25, 0.3) is 0 Å². The molecule has 0 saturated carbocycles. The number of aromatic nitrogens is 1. The Morgan fingerprint density at radius 2 is 1.77 bits per heavy atom. The van der Waals surface area contributed by atoms with Gasteiger partial charge in [-0.3, -0.25) is 0 Å². The Hall–Kier alpha value is -4.03. The molecule has 6 heteroatoms. The monoisotopic (exact) mass is 413 g/mol. The quantitative estimate of drug-likeness (QED) is 0.484. The van der Waals surface area contributed by atoms with Crippen LogP contribution in [0, 0.1) is 13.1 Å². The number of nitrogens with zero attached hydrogens (tertiary/aromatic N) is 3. The van der Waals surface area contributed by atoms with Gasteiger partial charge in [-0.15, -0.1) is 0 Å². The second kappa shape index (κ2) is 9.19. The van der Waals surface area contributed by atoms with Crippen LogP contribution in [0.15, 0.2) is 42.5 Å². The third-order valence-electron chi connectivity index (χ3n) is 5.23. The molecule has 0 aliphatic carbocycles. The molecular weight excluding hydrogens is 390 g/mol. The number of rotatable bonds is 7. The fourth-order valence-corrected chi connectivity index (χ4v) is 3.86. The van der Waals surface area contributed by atoms with Gasteiger partial charge in [0.15, 0.2) is 0 Å². The molecule has 0 unspecified atom stereocenters. The van der Waals surface area contributed by atoms with Crippen LogP contribution in [0.25, 0.3) is 31.9 Å². The molecule has 0 saturated heterocycles. The second-order valence-corrected chi connectivity index (χ2v) is 7.01. The molecule has 0 bridgehead atoms. The van der Waals surface area contributed by atoms with Crippen LogP contribution in [-0.4, -0.2) is 22.2 Å². The third-order valence-corrected chi connectivity index (χ3v) is 5.23. The number of carbonyl (C=O) groups is 1. The summed E-state index contributed by atoms with van der Waals surface area (Å²) in [6, 6.07) is 13.2. The fourth-order valence-electron chi connectivity index (χ4n) is 3.86. The fraction of sp³-hybridized carbons (Fsp3) is 0.240. The average Bonchev–Trinajstić information content (AvgIpc) is 3.06. The summed E-state index contributed by atoms with van der Waals surface area (Å²) in [6.07, 6.45) is 0.568. The van der Waals surface area contributed by atoms with Gasteiger partial charge in [-0.05, 0) is 42.7 Å². The third kappa shape index (κ3) is 4.01. The minimum Gasteiger partial charge on any atom is -0.493 e. The highest BCUT2D eigenvalue weighted by Crippen LogP contribution is 2.40. The molecule has 0 radical (unpaired) electrons. The van der Waals surface area contributed by atoms with Gasteiger partial charge in [0.1, 0.15) is 11.4 Å². The maximum absolute atomic E-state index is 12.0. The first kappa shape index (κ1) is 21.7. The Balaban J connectivity index is 2.14. The van der Waals surface area contributed by atoms with E-state index in [0.717, 1.165) is 22.4 Å². The van der Waals surface area contributed by atoms with Crippen LogP contribution in [0.1, 0.15) is 35.6 Å². The molecule has 0 aliphatic heterocycles. The van der Waals surface area contributed by atoms with Crippen LogP contribution in [0.5, 0.6) is 5.75 Å². The molecule has 1 heterocycles. The summed E-state index contributed by atoms with van der Waals surface area (Å²) in [4.78, 5) is 19.1. The predicted octanol–water partition coefficient (Wildman–Crippen LogP) is 5.99. The van der Waals surface area contributed by atoms with E-state index in [9.17, 15) is 9.90 Å². The minimum absolute atomic E-state index is 0.115. The summed E-state index contributed by atoms with van der Waals surface area (Å²) in [5.41, 5.74) is 4.99. The van der Waals surface area contributed by atoms with Gasteiger partial charge in [0.2, 0.25) is 12.2 Å². The molecule has 6 nitrogen and oxygen atoms in total. The molecule has 1 aromatic heterocycles. The lowest BCUT2D eigenvalue weighted by Gasteiger charge is -2.12. The number of hydrogen-bond acceptors (Lipinski definition) is 2. The summed E-state index contributed by atoms with van der Waals surface area (Å²) in [5.74, 6) is -0.332. The van der Waals surface area contributed by atoms with Crippen molar-refractivity contribution in [2.75, 3.05) is 6.61 Å². The van der Waals surface area contributed by atoms with Crippen molar-refractivity contribution in [1.82, 2.24) is 4.57 Å². The average molecular weight is 413 g/mol. The highest BCUT2D eigenvalue weighted by atomic mass is 16.5. The van der Waals surface area contributed by atoms with Crippen LogP contribution in [0.4, 0.5) is 5.69 Å². The standard InChI is InChI=1S/C25H23N3O3/c1-6-20-23(27-4)22(24(25(29)30)28(20)5)18-11-9-17(10-12-18)19-14-16(15-26-3)8-13-21(19)31-7-2/h8-14H,6-7,15H2,1-2,5H3,(H,29,30). The lowest BCUT2D eigenvalue weighted by Crippen LogP contribution is -2.07. The van der Waals surface area contributed by atoms with Crippen molar-refractivity contribution >= 4 is 11.7 Å². The highest BCUT2D eigenvalue weighted by molar-refractivity contribution is 6.01. The number of carboxylic acids is 1. The Morgan fingerprint density at radius 1 is 1.10 bits per heavy atom. The molecule has 0 fully saturated rings. The van der Waals surface area contributed by atoms with E-state index in [0.29, 0.717) is 35.5 Å². The topological polar surface area (TPSA) is 60.2 Å². The minimum atomic E-state index is -1.06. The summed E-state index contributed by atoms with van der Waals surface area (Å²) >= 11 is 0. The first-order valence-electron chi connectivity index (χ1n) is 9.98. The van der Waals surface area contributed by atoms with Gasteiger partial charge in [0, 0.05) is 29.4 Å². The SMILES string of the molecule is [C-]#[N+]Cc1ccc(OCC)c(-c2ccc(-c3c([N+]#[C-])c(CC)n(C)c3C(=O)O)cc2)c1. The first-order chi connectivity index (χ1) is 15.0. The van der Waals surface area contributed by atoms with Crippen molar-refractivity contribution in [2.24, 2.45) is 7.05 Å². The zero-order chi connectivity index (χ0) is 22.5. The lowest BCUT2D eigenvalue weighted by atomic mass is 9.97. The Morgan fingerprint density at radius 3 is 2.32 bits per heavy atom. The van der Waals surface area contributed by atoms with E-state index >= 15 is 0 Å². The van der Waals surface area contributed by atoms with E-state index in [4.69, 9.17) is 17.9 Å². The molecule has 3 rings (SSSR count). The summed E-state index contributed by atoms with van der Waals surface area (Å²) in [5, 5.41) is 9.78. The summed E-state index contributed by atoms with van der Waals surface area (Å²) < 4.78 is 7.36. The van der Waals surface area contributed by atoms with E-state index < -0.39 is 5.97 Å². The van der Waals surface area contributed by atoms with Crippen LogP contribution < -0.4 is 4.74 Å². The highest BCUT2D eigenvalue weighted by Gasteiger charge is 2.25. The van der Waals surface area contributed by atoms with Gasteiger partial charge >= 0.3 is 5.97 Å². The molecule has 0 aliphatic rings. The van der Waals surface area contributed by atoms with E-state index in [1.54, 1.807) is 11.6 Å². The Labute approximate surface area is 182 Å². The number of ether oxygens (including phenoxy) is 1. The molecule has 2 aromatic carbocycles. The van der Waals surface area contributed by atoms with Crippen molar-refractivity contribution in [3.63, 3.8) is 0 Å². The number of hydrogen-bond donors (Lipinski definition) is 1. The van der Waals surface area contributed by atoms with Crippen molar-refractivity contribution in [1.29, 1.82) is 0 Å². The van der Waals surface area contributed by atoms with Crippen molar-refractivity contribution in [3.05, 3.63) is 82.3 Å². The van der Waals surface area contributed by atoms with Gasteiger partial charge in [-0.2, -0.15) is 0 Å². The molecule has 0 amide bonds. The van der Waals surface area contributed by atoms with E-state index in [-0.39, 0.29) is 12.2 Å². The van der Waals surface area contributed by atoms with Crippen LogP contribution in [0.3, 0.4) is 0 Å². The molecule has 156 valence electrons. The Bertz CT molecular complexity index is 1210. The number of carboxylic acid groups (broad SMARTS) is 1. The normalized spacial score (nSPS) is 10.4. The van der Waals surface area contributed by atoms with Gasteiger partial charge in [-0.25, -0.2) is 16.2 Å². The maximum Gasteiger partial charge on any atom is 0.351 e. The molecule has 1 N–H and O–H groups in total. The van der Waals surface area contributed by atoms with Gasteiger partial charge in [0.05, 0.1) is 13.2 Å². The van der Waals surface area contributed by atoms with E-state index in [2.05, 4.69) is 9.69 Å². The lowest BCUT2D eigenvalue weighted by molar-refractivity contribution is 0.0687. The molecule has 0 spiro atoms. The van der Waals surface area contributed by atoms with Crippen molar-refractivity contribution < 1.29 is 14.6 Å². The largest absolute Gasteiger partial charge is 0.493 e. The number of benzene rings is 2. The van der Waals surface area contributed by atoms with Gasteiger partial charge < -0.3 is 19.3 Å². The zero-order valence-corrected chi connectivity index (χ0v) is 17.8. The first-order valence-corrected chi connectivity index (χ1v) is 9.98. The van der Waals surface area contributed by atoms with Crippen molar-refractivity contribution in [3.8, 4) is 28.0 Å². The molecular formula is C25H23N3O3. The summed E-state index contributed by atoms with van der Waals surface area (Å²) in [6.45, 7) is 19.4. The van der Waals surface area contributed by atoms with Crippen LogP contribution in [0.2, 0.25) is 0 Å². The second-order valence-electron chi connectivity index (χ2n) is 7.01. The van der Waals surface area contributed by atoms with Crippen molar-refractivity contribution in [2.45, 2.75) is 26.8 Å². The molecule has 0 atom stereocenters. The Kier molecular flexibility index (Phi) is 6.43. The maximum atomic E-state index is 12.0. The molecule has 3 aromatic rings. The van der Waals surface area contributed by atoms with Crippen LogP contribution >= 0.6 is 0 Å². The molecule has 31 heavy (non-hydrogen) atoms. The predicted molar refractivity (Wildman–Crippen MR) is 120 cm³/mol. The smallest absolute Gasteiger partial charge is 0.351 e. The van der Waals surface area contributed by atoms with Crippen LogP contribution in [-0.2, 0) is 20.0 Å². The summed E-state index contributed by atoms with van der Waals surface area (Å²) in [7, 11) is 1.69. The van der Waals surface area contributed by atoms with Gasteiger partial charge in [-0.1, -0.05) is 31.2 Å². The number of aromatic carboxylic acids is 1.